The zero-order valence-electron chi connectivity index (χ0n) is 10.4. The maximum absolute atomic E-state index is 12.8. The lowest BCUT2D eigenvalue weighted by atomic mass is 10.1. The number of fused-ring (bicyclic) bond motifs is 1. The van der Waals surface area contributed by atoms with E-state index in [0.29, 0.717) is 0 Å². The molecule has 3 aromatic rings. The van der Waals surface area contributed by atoms with E-state index in [1.165, 1.54) is 12.1 Å². The number of pyridine rings is 1. The molecule has 0 radical (unpaired) electrons. The molecule has 0 bridgehead atoms. The maximum atomic E-state index is 12.8. The van der Waals surface area contributed by atoms with Gasteiger partial charge in [-0.1, -0.05) is 12.1 Å². The Morgan fingerprint density at radius 1 is 1.11 bits per heavy atom. The summed E-state index contributed by atoms with van der Waals surface area (Å²) in [5.41, 5.74) is 8.57. The molecule has 2 aromatic heterocycles. The van der Waals surface area contributed by atoms with Crippen molar-refractivity contribution in [1.29, 1.82) is 0 Å². The van der Waals surface area contributed by atoms with E-state index in [1.807, 2.05) is 41.1 Å². The van der Waals surface area contributed by atoms with Gasteiger partial charge in [0.1, 0.15) is 11.6 Å². The average molecular weight is 255 g/mol. The Labute approximate surface area is 110 Å². The van der Waals surface area contributed by atoms with Crippen molar-refractivity contribution in [3.8, 4) is 0 Å². The third kappa shape index (κ3) is 2.42. The Balaban J connectivity index is 1.80. The molecule has 96 valence electrons. The molecule has 0 amide bonds. The minimum absolute atomic E-state index is 0.203. The number of aromatic nitrogens is 2. The number of nitrogens with two attached hydrogens (primary N) is 1. The molecule has 0 saturated carbocycles. The molecule has 19 heavy (non-hydrogen) atoms. The van der Waals surface area contributed by atoms with Gasteiger partial charge in [-0.05, 0) is 36.2 Å². The zero-order chi connectivity index (χ0) is 13.2. The summed E-state index contributed by atoms with van der Waals surface area (Å²) in [6, 6.07) is 10.3. The summed E-state index contributed by atoms with van der Waals surface area (Å²) in [7, 11) is 0. The van der Waals surface area contributed by atoms with Gasteiger partial charge in [-0.15, -0.1) is 0 Å². The van der Waals surface area contributed by atoms with Crippen molar-refractivity contribution in [3.63, 3.8) is 0 Å². The molecule has 0 atom stereocenters. The van der Waals surface area contributed by atoms with Crippen molar-refractivity contribution in [1.82, 2.24) is 9.38 Å². The molecule has 0 fully saturated rings. The maximum Gasteiger partial charge on any atom is 0.123 e. The number of imidazole rings is 1. The molecule has 2 heterocycles. The fourth-order valence-corrected chi connectivity index (χ4v) is 2.16. The second kappa shape index (κ2) is 4.72. The molecule has 3 nitrogen and oxygen atoms in total. The van der Waals surface area contributed by atoms with Crippen LogP contribution in [-0.2, 0) is 12.8 Å². The Bertz CT molecular complexity index is 701. The van der Waals surface area contributed by atoms with E-state index in [1.54, 1.807) is 0 Å². The van der Waals surface area contributed by atoms with Crippen LogP contribution in [0.2, 0.25) is 0 Å². The first kappa shape index (κ1) is 11.7. The fourth-order valence-electron chi connectivity index (χ4n) is 2.16. The number of anilines is 1. The third-order valence-electron chi connectivity index (χ3n) is 3.18. The molecule has 3 rings (SSSR count). The molecule has 4 heteroatoms. The lowest BCUT2D eigenvalue weighted by Gasteiger charge is -2.03. The summed E-state index contributed by atoms with van der Waals surface area (Å²) in [5.74, 6) is 0.782. The number of aryl methyl sites for hydroxylation is 2. The van der Waals surface area contributed by atoms with Crippen molar-refractivity contribution in [2.75, 3.05) is 5.73 Å². The van der Waals surface area contributed by atoms with Gasteiger partial charge in [-0.3, -0.25) is 0 Å². The van der Waals surface area contributed by atoms with Gasteiger partial charge in [-0.25, -0.2) is 9.37 Å². The van der Waals surface area contributed by atoms with Gasteiger partial charge in [-0.2, -0.15) is 0 Å². The topological polar surface area (TPSA) is 43.3 Å². The van der Waals surface area contributed by atoms with Crippen LogP contribution in [-0.4, -0.2) is 9.38 Å². The van der Waals surface area contributed by atoms with Crippen LogP contribution in [0.1, 0.15) is 11.4 Å². The standard InChI is InChI=1S/C15H14FN3/c16-12-4-1-11(2-5-12)3-6-15-18-10-14-9-13(17)7-8-19(14)15/h1-2,4-5,7-10H,3,6,17H2. The highest BCUT2D eigenvalue weighted by atomic mass is 19.1. The second-order valence-electron chi connectivity index (χ2n) is 4.56. The van der Waals surface area contributed by atoms with Crippen LogP contribution in [0.15, 0.2) is 48.8 Å². The van der Waals surface area contributed by atoms with Crippen LogP contribution >= 0.6 is 0 Å². The fraction of sp³-hybridized carbons (Fsp3) is 0.133. The molecule has 0 unspecified atom stereocenters. The SMILES string of the molecule is Nc1ccn2c(CCc3ccc(F)cc3)ncc2c1. The van der Waals surface area contributed by atoms with Crippen molar-refractivity contribution >= 4 is 11.2 Å². The highest BCUT2D eigenvalue weighted by Gasteiger charge is 2.04. The predicted octanol–water partition coefficient (Wildman–Crippen LogP) is 2.84. The van der Waals surface area contributed by atoms with Crippen molar-refractivity contribution in [2.24, 2.45) is 0 Å². The molecule has 0 aliphatic heterocycles. The zero-order valence-corrected chi connectivity index (χ0v) is 10.4. The molecule has 0 aliphatic rings. The summed E-state index contributed by atoms with van der Waals surface area (Å²) in [6.45, 7) is 0. The first-order valence-corrected chi connectivity index (χ1v) is 6.18. The highest BCUT2D eigenvalue weighted by Crippen LogP contribution is 2.13. The number of hydrogen-bond donors (Lipinski definition) is 1. The third-order valence-corrected chi connectivity index (χ3v) is 3.18. The second-order valence-corrected chi connectivity index (χ2v) is 4.56. The summed E-state index contributed by atoms with van der Waals surface area (Å²) in [4.78, 5) is 4.40. The van der Waals surface area contributed by atoms with Gasteiger partial charge in [0.15, 0.2) is 0 Å². The molecule has 2 N–H and O–H groups in total. The minimum atomic E-state index is -0.203. The van der Waals surface area contributed by atoms with Crippen molar-refractivity contribution < 1.29 is 4.39 Å². The first-order chi connectivity index (χ1) is 9.22. The van der Waals surface area contributed by atoms with Crippen molar-refractivity contribution in [2.45, 2.75) is 12.8 Å². The number of nitrogens with zero attached hydrogens (tertiary/aromatic N) is 2. The van der Waals surface area contributed by atoms with Crippen LogP contribution in [0.25, 0.3) is 5.52 Å². The molecular formula is C15H14FN3. The van der Waals surface area contributed by atoms with E-state index in [9.17, 15) is 4.39 Å². The van der Waals surface area contributed by atoms with Gasteiger partial charge in [0.05, 0.1) is 11.7 Å². The quantitative estimate of drug-likeness (QED) is 0.782. The smallest absolute Gasteiger partial charge is 0.123 e. The number of nitrogen functional groups attached to an aromatic ring is 1. The molecule has 0 spiro atoms. The average Bonchev–Trinajstić information content (AvgIpc) is 2.80. The van der Waals surface area contributed by atoms with E-state index < -0.39 is 0 Å². The van der Waals surface area contributed by atoms with Gasteiger partial charge < -0.3 is 10.1 Å². The lowest BCUT2D eigenvalue weighted by molar-refractivity contribution is 0.627. The van der Waals surface area contributed by atoms with Gasteiger partial charge in [0, 0.05) is 18.3 Å². The van der Waals surface area contributed by atoms with E-state index in [-0.39, 0.29) is 5.82 Å². The number of rotatable bonds is 3. The number of halogens is 1. The summed E-state index contributed by atoms with van der Waals surface area (Å²) in [5, 5.41) is 0. The summed E-state index contributed by atoms with van der Waals surface area (Å²) in [6.07, 6.45) is 5.39. The molecule has 0 aliphatic carbocycles. The number of hydrogen-bond acceptors (Lipinski definition) is 2. The monoisotopic (exact) mass is 255 g/mol. The van der Waals surface area contributed by atoms with E-state index in [2.05, 4.69) is 4.98 Å². The van der Waals surface area contributed by atoms with Crippen LogP contribution in [0.5, 0.6) is 0 Å². The summed E-state index contributed by atoms with van der Waals surface area (Å²) < 4.78 is 14.8. The summed E-state index contributed by atoms with van der Waals surface area (Å²) >= 11 is 0. The minimum Gasteiger partial charge on any atom is -0.399 e. The Morgan fingerprint density at radius 2 is 1.89 bits per heavy atom. The van der Waals surface area contributed by atoms with Crippen molar-refractivity contribution in [3.05, 3.63) is 66.0 Å². The van der Waals surface area contributed by atoms with Gasteiger partial charge in [0.2, 0.25) is 0 Å². The van der Waals surface area contributed by atoms with Crippen LogP contribution in [0.4, 0.5) is 10.1 Å². The lowest BCUT2D eigenvalue weighted by Crippen LogP contribution is -1.98. The molecule has 1 aromatic carbocycles. The molecule has 0 saturated heterocycles. The Kier molecular flexibility index (Phi) is 2.91. The largest absolute Gasteiger partial charge is 0.399 e. The highest BCUT2D eigenvalue weighted by molar-refractivity contribution is 5.55. The van der Waals surface area contributed by atoms with Gasteiger partial charge in [0.25, 0.3) is 0 Å². The predicted molar refractivity (Wildman–Crippen MR) is 73.4 cm³/mol. The van der Waals surface area contributed by atoms with Crippen LogP contribution in [0.3, 0.4) is 0 Å². The number of benzene rings is 1. The normalized spacial score (nSPS) is 11.0. The first-order valence-electron chi connectivity index (χ1n) is 6.18. The van der Waals surface area contributed by atoms with E-state index >= 15 is 0 Å². The van der Waals surface area contributed by atoms with E-state index in [0.717, 1.165) is 35.4 Å². The van der Waals surface area contributed by atoms with E-state index in [4.69, 9.17) is 5.73 Å². The molecular weight excluding hydrogens is 241 g/mol. The van der Waals surface area contributed by atoms with Crippen LogP contribution < -0.4 is 5.73 Å². The van der Waals surface area contributed by atoms with Crippen LogP contribution in [0, 0.1) is 5.82 Å². The van der Waals surface area contributed by atoms with Gasteiger partial charge >= 0.3 is 0 Å². The Hall–Kier alpha value is -2.36. The Morgan fingerprint density at radius 3 is 2.68 bits per heavy atom.